The molecule has 200 valence electrons. The third-order valence-electron chi connectivity index (χ3n) is 5.94. The Bertz CT molecular complexity index is 1550. The summed E-state index contributed by atoms with van der Waals surface area (Å²) in [6, 6.07) is 17.7. The van der Waals surface area contributed by atoms with Crippen LogP contribution in [0.5, 0.6) is 0 Å². The number of halogens is 1. The van der Waals surface area contributed by atoms with Crippen LogP contribution in [-0.2, 0) is 11.3 Å². The van der Waals surface area contributed by atoms with E-state index in [0.717, 1.165) is 27.0 Å². The van der Waals surface area contributed by atoms with Crippen LogP contribution in [0.15, 0.2) is 70.3 Å². The lowest BCUT2D eigenvalue weighted by molar-refractivity contribution is -0.385. The Kier molecular flexibility index (Phi) is 8.77. The third-order valence-corrected chi connectivity index (χ3v) is 7.40. The number of thioether (sulfide) groups is 1. The summed E-state index contributed by atoms with van der Waals surface area (Å²) < 4.78 is 2.65. The first-order chi connectivity index (χ1) is 18.6. The van der Waals surface area contributed by atoms with Crippen LogP contribution in [0.4, 0.5) is 11.4 Å². The molecule has 1 heterocycles. The largest absolute Gasteiger partial charge is 0.345 e. The first-order valence-corrected chi connectivity index (χ1v) is 13.6. The number of nitrogens with one attached hydrogen (secondary N) is 2. The second-order valence-corrected chi connectivity index (χ2v) is 10.6. The number of nitro groups is 1. The average molecular weight is 610 g/mol. The van der Waals surface area contributed by atoms with Crippen molar-refractivity contribution in [1.82, 2.24) is 20.1 Å². The zero-order valence-corrected chi connectivity index (χ0v) is 23.8. The van der Waals surface area contributed by atoms with E-state index in [9.17, 15) is 19.7 Å². The number of rotatable bonds is 9. The minimum Gasteiger partial charge on any atom is -0.345 e. The topological polar surface area (TPSA) is 132 Å². The number of carbonyl (C=O) groups is 2. The molecule has 0 unspecified atom stereocenters. The summed E-state index contributed by atoms with van der Waals surface area (Å²) in [6.07, 6.45) is 0. The summed E-state index contributed by atoms with van der Waals surface area (Å²) in [7, 11) is 0. The monoisotopic (exact) mass is 608 g/mol. The normalized spacial score (nSPS) is 10.8. The van der Waals surface area contributed by atoms with Crippen LogP contribution >= 0.6 is 27.7 Å². The molecule has 12 heteroatoms. The molecule has 0 fully saturated rings. The zero-order valence-electron chi connectivity index (χ0n) is 21.4. The van der Waals surface area contributed by atoms with Gasteiger partial charge in [0.25, 0.3) is 11.6 Å². The van der Waals surface area contributed by atoms with E-state index in [1.54, 1.807) is 4.57 Å². The van der Waals surface area contributed by atoms with E-state index in [0.29, 0.717) is 11.0 Å². The molecule has 0 aliphatic rings. The van der Waals surface area contributed by atoms with Gasteiger partial charge in [0.15, 0.2) is 11.0 Å². The van der Waals surface area contributed by atoms with Crippen LogP contribution in [0.25, 0.3) is 5.69 Å². The Balaban J connectivity index is 1.53. The molecule has 10 nitrogen and oxygen atoms in total. The number of aromatic nitrogens is 3. The maximum atomic E-state index is 12.9. The zero-order chi connectivity index (χ0) is 28.1. The molecule has 0 saturated carbocycles. The van der Waals surface area contributed by atoms with E-state index in [1.807, 2.05) is 56.3 Å². The number of aryl methyl sites for hydroxylation is 2. The number of hydrogen-bond donors (Lipinski definition) is 2. The van der Waals surface area contributed by atoms with E-state index in [2.05, 4.69) is 36.8 Å². The van der Waals surface area contributed by atoms with Crippen LogP contribution in [0.2, 0.25) is 0 Å². The van der Waals surface area contributed by atoms with Gasteiger partial charge in [-0.1, -0.05) is 45.9 Å². The molecule has 1 aromatic heterocycles. The molecular formula is C27H25BrN6O4S. The van der Waals surface area contributed by atoms with E-state index in [-0.39, 0.29) is 35.0 Å². The van der Waals surface area contributed by atoms with Gasteiger partial charge in [-0.05, 0) is 68.3 Å². The van der Waals surface area contributed by atoms with Crippen molar-refractivity contribution in [3.05, 3.63) is 103 Å². The number of amides is 2. The predicted octanol–water partition coefficient (Wildman–Crippen LogP) is 5.52. The molecule has 0 aliphatic carbocycles. The summed E-state index contributed by atoms with van der Waals surface area (Å²) >= 11 is 4.65. The second-order valence-electron chi connectivity index (χ2n) is 8.76. The molecule has 2 N–H and O–H groups in total. The summed E-state index contributed by atoms with van der Waals surface area (Å²) in [6.45, 7) is 5.45. The van der Waals surface area contributed by atoms with Gasteiger partial charge in [-0.2, -0.15) is 0 Å². The smallest absolute Gasteiger partial charge is 0.273 e. The maximum absolute atomic E-state index is 12.9. The summed E-state index contributed by atoms with van der Waals surface area (Å²) in [5.41, 5.74) is 3.88. The lowest BCUT2D eigenvalue weighted by Crippen LogP contribution is -2.25. The van der Waals surface area contributed by atoms with Gasteiger partial charge >= 0.3 is 0 Å². The van der Waals surface area contributed by atoms with Crippen LogP contribution in [0.1, 0.15) is 32.9 Å². The molecule has 0 radical (unpaired) electrons. The molecular weight excluding hydrogens is 584 g/mol. The number of nitro benzene ring substituents is 1. The molecule has 4 rings (SSSR count). The van der Waals surface area contributed by atoms with E-state index >= 15 is 0 Å². The van der Waals surface area contributed by atoms with Gasteiger partial charge in [-0.3, -0.25) is 24.3 Å². The van der Waals surface area contributed by atoms with Gasteiger partial charge in [-0.15, -0.1) is 10.2 Å². The summed E-state index contributed by atoms with van der Waals surface area (Å²) in [5, 5.41) is 26.0. The van der Waals surface area contributed by atoms with Crippen molar-refractivity contribution in [3.8, 4) is 5.69 Å². The van der Waals surface area contributed by atoms with E-state index in [1.165, 1.54) is 36.9 Å². The molecule has 0 saturated heterocycles. The standard InChI is InChI=1S/C27H25BrN6O4S/c1-16-7-8-17(2)22(13-16)30-25(35)15-39-27-32-31-24(33(27)20-11-9-19(28)10-12-20)14-29-26(36)21-5-4-6-23(18(21)3)34(37)38/h4-13H,14-15H2,1-3H3,(H,29,36)(H,30,35). The fraction of sp³-hybridized carbons (Fsp3) is 0.185. The number of carbonyl (C=O) groups excluding carboxylic acids is 2. The van der Waals surface area contributed by atoms with E-state index < -0.39 is 10.8 Å². The lowest BCUT2D eigenvalue weighted by Gasteiger charge is -2.12. The Morgan fingerprint density at radius 2 is 1.79 bits per heavy atom. The minimum absolute atomic E-state index is 0.0132. The highest BCUT2D eigenvalue weighted by molar-refractivity contribution is 9.10. The third kappa shape index (κ3) is 6.70. The molecule has 0 spiro atoms. The molecule has 3 aromatic carbocycles. The van der Waals surface area contributed by atoms with Gasteiger partial charge in [0.05, 0.1) is 17.2 Å². The van der Waals surface area contributed by atoms with Crippen molar-refractivity contribution in [2.24, 2.45) is 0 Å². The number of hydrogen-bond acceptors (Lipinski definition) is 7. The Morgan fingerprint density at radius 3 is 2.51 bits per heavy atom. The number of anilines is 1. The number of benzene rings is 3. The molecule has 2 amide bonds. The fourth-order valence-corrected chi connectivity index (χ4v) is 4.90. The van der Waals surface area contributed by atoms with Gasteiger partial charge in [0, 0.05) is 33.0 Å². The van der Waals surface area contributed by atoms with Crippen LogP contribution in [0, 0.1) is 30.9 Å². The number of nitrogens with zero attached hydrogens (tertiary/aromatic N) is 4. The van der Waals surface area contributed by atoms with Gasteiger partial charge in [0.1, 0.15) is 0 Å². The van der Waals surface area contributed by atoms with Crippen molar-refractivity contribution in [1.29, 1.82) is 0 Å². The highest BCUT2D eigenvalue weighted by atomic mass is 79.9. The maximum Gasteiger partial charge on any atom is 0.273 e. The quantitative estimate of drug-likeness (QED) is 0.145. The van der Waals surface area contributed by atoms with Crippen molar-refractivity contribution < 1.29 is 14.5 Å². The predicted molar refractivity (Wildman–Crippen MR) is 153 cm³/mol. The van der Waals surface area contributed by atoms with Crippen molar-refractivity contribution >= 4 is 50.9 Å². The Labute approximate surface area is 237 Å². The van der Waals surface area contributed by atoms with Crippen molar-refractivity contribution in [2.45, 2.75) is 32.5 Å². The Morgan fingerprint density at radius 1 is 1.05 bits per heavy atom. The second kappa shape index (κ2) is 12.2. The molecule has 0 aliphatic heterocycles. The highest BCUT2D eigenvalue weighted by Gasteiger charge is 2.20. The van der Waals surface area contributed by atoms with Crippen LogP contribution in [-0.4, -0.2) is 37.3 Å². The Hall–Kier alpha value is -4.03. The van der Waals surface area contributed by atoms with Crippen molar-refractivity contribution in [2.75, 3.05) is 11.1 Å². The van der Waals surface area contributed by atoms with Crippen LogP contribution in [0.3, 0.4) is 0 Å². The van der Waals surface area contributed by atoms with Crippen molar-refractivity contribution in [3.63, 3.8) is 0 Å². The molecule has 0 atom stereocenters. The average Bonchev–Trinajstić information content (AvgIpc) is 3.31. The first-order valence-electron chi connectivity index (χ1n) is 11.9. The summed E-state index contributed by atoms with van der Waals surface area (Å²) in [4.78, 5) is 36.4. The molecule has 0 bridgehead atoms. The van der Waals surface area contributed by atoms with Gasteiger partial charge in [0.2, 0.25) is 5.91 Å². The summed E-state index contributed by atoms with van der Waals surface area (Å²) in [5.74, 6) is -0.119. The molecule has 39 heavy (non-hydrogen) atoms. The minimum atomic E-state index is -0.518. The SMILES string of the molecule is Cc1ccc(C)c(NC(=O)CSc2nnc(CNC(=O)c3cccc([N+](=O)[O-])c3C)n2-c2ccc(Br)cc2)c1. The van der Waals surface area contributed by atoms with Gasteiger partial charge in [-0.25, -0.2) is 0 Å². The highest BCUT2D eigenvalue weighted by Crippen LogP contribution is 2.25. The van der Waals surface area contributed by atoms with Gasteiger partial charge < -0.3 is 10.6 Å². The van der Waals surface area contributed by atoms with E-state index in [4.69, 9.17) is 0 Å². The lowest BCUT2D eigenvalue weighted by atomic mass is 10.1. The van der Waals surface area contributed by atoms with Crippen LogP contribution < -0.4 is 10.6 Å². The molecule has 4 aromatic rings. The first kappa shape index (κ1) is 28.0. The fourth-order valence-electron chi connectivity index (χ4n) is 3.87.